The predicted octanol–water partition coefficient (Wildman–Crippen LogP) is 5.32. The van der Waals surface area contributed by atoms with Gasteiger partial charge in [-0.05, 0) is 29.9 Å². The SMILES string of the molecule is C=C1[C@H](OC(=O)CC(C)(C)C)CCN1c1ncccc1C(=NCC)OC(=O)CC(C)(C)C.Cl. The molecule has 7 nitrogen and oxygen atoms in total. The van der Waals surface area contributed by atoms with Crippen LogP contribution < -0.4 is 4.90 Å². The van der Waals surface area contributed by atoms with E-state index in [1.54, 1.807) is 12.3 Å². The first-order valence-corrected chi connectivity index (χ1v) is 11.2. The van der Waals surface area contributed by atoms with Gasteiger partial charge in [0.05, 0.1) is 24.1 Å². The topological polar surface area (TPSA) is 81.1 Å². The van der Waals surface area contributed by atoms with Crippen molar-refractivity contribution in [3.05, 3.63) is 36.2 Å². The molecule has 1 aromatic heterocycles. The van der Waals surface area contributed by atoms with Gasteiger partial charge >= 0.3 is 11.9 Å². The summed E-state index contributed by atoms with van der Waals surface area (Å²) in [6.45, 7) is 19.0. The fraction of sp³-hybridized carbons (Fsp3) is 0.600. The van der Waals surface area contributed by atoms with Crippen molar-refractivity contribution < 1.29 is 19.1 Å². The maximum absolute atomic E-state index is 12.5. The van der Waals surface area contributed by atoms with Crippen molar-refractivity contribution in [2.75, 3.05) is 18.0 Å². The molecule has 1 aromatic rings. The molecule has 0 spiro atoms. The maximum Gasteiger partial charge on any atom is 0.313 e. The molecule has 33 heavy (non-hydrogen) atoms. The smallest absolute Gasteiger partial charge is 0.313 e. The molecule has 0 amide bonds. The van der Waals surface area contributed by atoms with Gasteiger partial charge in [0.1, 0.15) is 11.9 Å². The Bertz CT molecular complexity index is 884. The van der Waals surface area contributed by atoms with E-state index in [9.17, 15) is 9.59 Å². The van der Waals surface area contributed by atoms with Crippen LogP contribution in [-0.2, 0) is 19.1 Å². The van der Waals surface area contributed by atoms with Crippen molar-refractivity contribution >= 4 is 36.1 Å². The summed E-state index contributed by atoms with van der Waals surface area (Å²) in [6, 6.07) is 3.61. The maximum atomic E-state index is 12.5. The molecular weight excluding hydrogens is 442 g/mol. The van der Waals surface area contributed by atoms with Crippen LogP contribution in [-0.4, -0.2) is 42.0 Å². The minimum absolute atomic E-state index is 0. The van der Waals surface area contributed by atoms with Crippen LogP contribution in [0.5, 0.6) is 0 Å². The first-order valence-electron chi connectivity index (χ1n) is 11.2. The Morgan fingerprint density at radius 2 is 1.76 bits per heavy atom. The lowest BCUT2D eigenvalue weighted by Crippen LogP contribution is -2.26. The van der Waals surface area contributed by atoms with Gasteiger partial charge < -0.3 is 14.4 Å². The first-order chi connectivity index (χ1) is 14.8. The molecule has 0 aliphatic carbocycles. The van der Waals surface area contributed by atoms with E-state index in [1.807, 2.05) is 59.4 Å². The van der Waals surface area contributed by atoms with Gasteiger partial charge in [0.15, 0.2) is 0 Å². The molecule has 0 N–H and O–H groups in total. The first kappa shape index (κ1) is 28.6. The van der Waals surface area contributed by atoms with Crippen molar-refractivity contribution in [1.82, 2.24) is 4.98 Å². The Morgan fingerprint density at radius 1 is 1.15 bits per heavy atom. The molecule has 0 aromatic carbocycles. The molecule has 0 unspecified atom stereocenters. The standard InChI is InChI=1S/C25H37N3O4.ClH/c1-9-26-23(32-21(30)16-25(6,7)8)18-11-10-13-27-22(18)28-14-12-19(17(28)2)31-20(29)15-24(3,4)5;/h10-11,13,19H,2,9,12,14-16H2,1,3-8H3;1H/t19-;/m1./s1. The van der Waals surface area contributed by atoms with E-state index in [2.05, 4.69) is 16.6 Å². The molecule has 184 valence electrons. The molecule has 0 saturated carbocycles. The van der Waals surface area contributed by atoms with Crippen LogP contribution in [0.3, 0.4) is 0 Å². The van der Waals surface area contributed by atoms with Crippen LogP contribution in [0.2, 0.25) is 0 Å². The number of hydrogen-bond acceptors (Lipinski definition) is 7. The Labute approximate surface area is 204 Å². The summed E-state index contributed by atoms with van der Waals surface area (Å²) in [5, 5.41) is 0. The van der Waals surface area contributed by atoms with E-state index < -0.39 is 6.10 Å². The number of pyridine rings is 1. The Hall–Kier alpha value is -2.41. The third kappa shape index (κ3) is 8.80. The molecule has 8 heteroatoms. The molecule has 0 radical (unpaired) electrons. The molecule has 2 rings (SSSR count). The monoisotopic (exact) mass is 479 g/mol. The second-order valence-electron chi connectivity index (χ2n) is 10.5. The summed E-state index contributed by atoms with van der Waals surface area (Å²) >= 11 is 0. The zero-order valence-electron chi connectivity index (χ0n) is 20.9. The number of anilines is 1. The van der Waals surface area contributed by atoms with Crippen LogP contribution in [0.1, 0.15) is 73.3 Å². The van der Waals surface area contributed by atoms with Gasteiger partial charge in [-0.25, -0.2) is 4.98 Å². The number of hydrogen-bond donors (Lipinski definition) is 0. The predicted molar refractivity (Wildman–Crippen MR) is 134 cm³/mol. The second-order valence-corrected chi connectivity index (χ2v) is 10.5. The molecule has 1 aliphatic rings. The molecule has 1 atom stereocenters. The fourth-order valence-corrected chi connectivity index (χ4v) is 3.40. The van der Waals surface area contributed by atoms with Gasteiger partial charge in [-0.3, -0.25) is 14.6 Å². The van der Waals surface area contributed by atoms with Gasteiger partial charge in [0, 0.05) is 25.7 Å². The Balaban J connectivity index is 0.00000544. The van der Waals surface area contributed by atoms with Gasteiger partial charge in [-0.1, -0.05) is 48.1 Å². The van der Waals surface area contributed by atoms with Gasteiger partial charge in [0.25, 0.3) is 0 Å². The van der Waals surface area contributed by atoms with Crippen molar-refractivity contribution in [1.29, 1.82) is 0 Å². The number of aromatic nitrogens is 1. The normalized spacial score (nSPS) is 16.9. The lowest BCUT2D eigenvalue weighted by molar-refractivity contribution is -0.149. The van der Waals surface area contributed by atoms with Crippen LogP contribution in [0.25, 0.3) is 0 Å². The van der Waals surface area contributed by atoms with Crippen molar-refractivity contribution in [2.24, 2.45) is 15.8 Å². The number of aliphatic imine (C=N–C) groups is 1. The number of nitrogens with zero attached hydrogens (tertiary/aromatic N) is 3. The second kappa shape index (κ2) is 11.6. The quantitative estimate of drug-likeness (QED) is 0.312. The molecule has 1 saturated heterocycles. The van der Waals surface area contributed by atoms with E-state index >= 15 is 0 Å². The zero-order valence-corrected chi connectivity index (χ0v) is 21.8. The van der Waals surface area contributed by atoms with Gasteiger partial charge in [-0.15, -0.1) is 12.4 Å². The molecule has 0 bridgehead atoms. The molecule has 1 fully saturated rings. The molecule has 1 aliphatic heterocycles. The highest BCUT2D eigenvalue weighted by molar-refractivity contribution is 6.04. The Morgan fingerprint density at radius 3 is 2.33 bits per heavy atom. The summed E-state index contributed by atoms with van der Waals surface area (Å²) in [4.78, 5) is 35.7. The highest BCUT2D eigenvalue weighted by Gasteiger charge is 2.34. The van der Waals surface area contributed by atoms with E-state index in [1.165, 1.54) is 0 Å². The number of esters is 2. The lowest BCUT2D eigenvalue weighted by atomic mass is 9.92. The van der Waals surface area contributed by atoms with Crippen molar-refractivity contribution in [2.45, 2.75) is 73.8 Å². The van der Waals surface area contributed by atoms with E-state index in [-0.39, 0.29) is 47.5 Å². The summed E-state index contributed by atoms with van der Waals surface area (Å²) in [5.74, 6) is 0.248. The van der Waals surface area contributed by atoms with Gasteiger partial charge in [-0.2, -0.15) is 0 Å². The Kier molecular flexibility index (Phi) is 10.1. The van der Waals surface area contributed by atoms with E-state index in [4.69, 9.17) is 9.47 Å². The van der Waals surface area contributed by atoms with Crippen LogP contribution in [0, 0.1) is 10.8 Å². The number of halogens is 1. The highest BCUT2D eigenvalue weighted by atomic mass is 35.5. The largest absolute Gasteiger partial charge is 0.456 e. The van der Waals surface area contributed by atoms with Crippen LogP contribution >= 0.6 is 12.4 Å². The molecular formula is C25H38ClN3O4. The van der Waals surface area contributed by atoms with E-state index in [0.717, 1.165) is 0 Å². The lowest BCUT2D eigenvalue weighted by Gasteiger charge is -2.24. The summed E-state index contributed by atoms with van der Waals surface area (Å²) in [6.07, 6.45) is 2.49. The minimum atomic E-state index is -0.408. The summed E-state index contributed by atoms with van der Waals surface area (Å²) < 4.78 is 11.4. The number of ether oxygens (including phenoxy) is 2. The third-order valence-electron chi connectivity index (χ3n) is 4.74. The van der Waals surface area contributed by atoms with Crippen molar-refractivity contribution in [3.8, 4) is 0 Å². The number of carbonyl (C=O) groups excluding carboxylic acids is 2. The minimum Gasteiger partial charge on any atom is -0.456 e. The van der Waals surface area contributed by atoms with E-state index in [0.29, 0.717) is 43.0 Å². The highest BCUT2D eigenvalue weighted by Crippen LogP contribution is 2.32. The number of carbonyl (C=O) groups is 2. The van der Waals surface area contributed by atoms with Crippen LogP contribution in [0.4, 0.5) is 5.82 Å². The summed E-state index contributed by atoms with van der Waals surface area (Å²) in [5.41, 5.74) is 0.927. The fourth-order valence-electron chi connectivity index (χ4n) is 3.40. The van der Waals surface area contributed by atoms with Crippen molar-refractivity contribution in [3.63, 3.8) is 0 Å². The zero-order chi connectivity index (χ0) is 24.1. The molecule has 2 heterocycles. The third-order valence-corrected chi connectivity index (χ3v) is 4.74. The van der Waals surface area contributed by atoms with Gasteiger partial charge in [0.2, 0.25) is 5.90 Å². The average molecular weight is 480 g/mol. The average Bonchev–Trinajstić information content (AvgIpc) is 2.98. The van der Waals surface area contributed by atoms with Crippen LogP contribution in [0.15, 0.2) is 35.6 Å². The summed E-state index contributed by atoms with van der Waals surface area (Å²) in [7, 11) is 0. The number of rotatable bonds is 6.